The number of nitrogens with zero attached hydrogens (tertiary/aromatic N) is 2. The fourth-order valence-corrected chi connectivity index (χ4v) is 4.44. The number of carbonyl (C=O) groups is 2. The Hall–Kier alpha value is -4.12. The van der Waals surface area contributed by atoms with Crippen LogP contribution in [0.25, 0.3) is 5.57 Å². The third-order valence-electron chi connectivity index (χ3n) is 7.16. The molecule has 1 aliphatic heterocycles. The van der Waals surface area contributed by atoms with E-state index in [1.165, 1.54) is 58.2 Å². The van der Waals surface area contributed by atoms with E-state index < -0.39 is 60.1 Å². The number of nitriles is 1. The highest BCUT2D eigenvalue weighted by Crippen LogP contribution is 2.48. The van der Waals surface area contributed by atoms with Crippen LogP contribution in [0.2, 0.25) is 0 Å². The topological polar surface area (TPSA) is 124 Å². The molecule has 0 radical (unpaired) electrons. The fraction of sp³-hybridized carbons (Fsp3) is 0.467. The highest BCUT2D eigenvalue weighted by molar-refractivity contribution is 6.04. The van der Waals surface area contributed by atoms with Gasteiger partial charge in [-0.15, -0.1) is 0 Å². The van der Waals surface area contributed by atoms with Crippen molar-refractivity contribution in [1.82, 2.24) is 15.6 Å². The number of amides is 2. The molecule has 44 heavy (non-hydrogen) atoms. The molecule has 0 spiro atoms. The largest absolute Gasteiger partial charge is 0.494 e. The molecule has 1 atom stereocenters. The first-order valence-corrected chi connectivity index (χ1v) is 13.5. The molecule has 14 heteroatoms. The van der Waals surface area contributed by atoms with Crippen LogP contribution in [0.4, 0.5) is 26.3 Å². The predicted octanol–water partition coefficient (Wildman–Crippen LogP) is 5.43. The number of ether oxygens (including phenoxy) is 1. The number of aromatic nitrogens is 1. The summed E-state index contributed by atoms with van der Waals surface area (Å²) < 4.78 is 87.2. The van der Waals surface area contributed by atoms with Crippen molar-refractivity contribution in [1.29, 1.82) is 5.26 Å². The Bertz CT molecular complexity index is 1440. The third kappa shape index (κ3) is 7.88. The van der Waals surface area contributed by atoms with Gasteiger partial charge in [-0.2, -0.15) is 31.6 Å². The summed E-state index contributed by atoms with van der Waals surface area (Å²) in [5.41, 5.74) is -6.10. The van der Waals surface area contributed by atoms with Gasteiger partial charge in [0.15, 0.2) is 5.54 Å². The number of halogens is 6. The van der Waals surface area contributed by atoms with E-state index in [0.717, 1.165) is 12.1 Å². The Balaban J connectivity index is 2.04. The second kappa shape index (κ2) is 12.5. The van der Waals surface area contributed by atoms with Crippen LogP contribution in [0, 0.1) is 16.7 Å². The molecule has 3 rings (SSSR count). The molecule has 238 valence electrons. The van der Waals surface area contributed by atoms with E-state index in [9.17, 15) is 46.3 Å². The van der Waals surface area contributed by atoms with E-state index in [4.69, 9.17) is 4.74 Å². The molecular formula is C30H32F6N4O4. The molecule has 2 heterocycles. The van der Waals surface area contributed by atoms with Crippen molar-refractivity contribution < 1.29 is 45.8 Å². The molecule has 2 amide bonds. The monoisotopic (exact) mass is 626 g/mol. The van der Waals surface area contributed by atoms with Crippen LogP contribution in [-0.4, -0.2) is 47.4 Å². The average molecular weight is 627 g/mol. The smallest absolute Gasteiger partial charge is 0.416 e. The van der Waals surface area contributed by atoms with Crippen LogP contribution in [0.15, 0.2) is 48.2 Å². The number of aliphatic hydroxyl groups is 1. The first-order valence-electron chi connectivity index (χ1n) is 13.5. The molecule has 0 fully saturated rings. The highest BCUT2D eigenvalue weighted by atomic mass is 19.4. The number of alkyl halides is 6. The van der Waals surface area contributed by atoms with Gasteiger partial charge >= 0.3 is 12.4 Å². The maximum atomic E-state index is 14.9. The van der Waals surface area contributed by atoms with Gasteiger partial charge in [0.1, 0.15) is 11.2 Å². The van der Waals surface area contributed by atoms with Gasteiger partial charge in [0.25, 0.3) is 0 Å². The summed E-state index contributed by atoms with van der Waals surface area (Å²) in [5.74, 6) is -1.85. The van der Waals surface area contributed by atoms with E-state index in [2.05, 4.69) is 15.6 Å². The zero-order valence-corrected chi connectivity index (χ0v) is 24.4. The van der Waals surface area contributed by atoms with Crippen molar-refractivity contribution in [3.8, 4) is 11.8 Å². The van der Waals surface area contributed by atoms with Crippen molar-refractivity contribution in [2.75, 3.05) is 13.2 Å². The molecule has 2 aromatic rings. The molecule has 1 aliphatic rings. The van der Waals surface area contributed by atoms with Gasteiger partial charge in [-0.25, -0.2) is 0 Å². The molecule has 0 saturated carbocycles. The number of hydrogen-bond donors (Lipinski definition) is 3. The molecule has 1 aromatic carbocycles. The zero-order valence-electron chi connectivity index (χ0n) is 24.4. The molecule has 0 saturated heterocycles. The van der Waals surface area contributed by atoms with Crippen molar-refractivity contribution in [2.24, 2.45) is 5.41 Å². The normalized spacial score (nSPS) is 18.0. The van der Waals surface area contributed by atoms with Gasteiger partial charge in [-0.1, -0.05) is 18.2 Å². The number of hydrogen-bond acceptors (Lipinski definition) is 6. The molecule has 0 aliphatic carbocycles. The first-order chi connectivity index (χ1) is 20.2. The lowest BCUT2D eigenvalue weighted by molar-refractivity contribution is -0.201. The summed E-state index contributed by atoms with van der Waals surface area (Å²) in [6.45, 7) is 4.86. The standard InChI is InChI=1S/C30H32F6N4O4/c1-26(2,17-37)25(42)39-16-22-21(23-11-8-19(15-38-23)27(3,4)43)14-28(30(34,35)36,40-24(22)41)18-6-9-20(10-7-18)44-13-5-12-29(31,32)33/h6-11,15,43H,5,12-14,16H2,1-4H3,(H,39,42)(H,40,41)/t28-/m0/s1. The molecule has 0 bridgehead atoms. The second-order valence-electron chi connectivity index (χ2n) is 11.5. The maximum absolute atomic E-state index is 14.9. The highest BCUT2D eigenvalue weighted by Gasteiger charge is 2.59. The Morgan fingerprint density at radius 3 is 2.23 bits per heavy atom. The molecule has 8 nitrogen and oxygen atoms in total. The first kappa shape index (κ1) is 34.4. The van der Waals surface area contributed by atoms with Crippen LogP contribution in [0.1, 0.15) is 63.8 Å². The number of nitrogens with one attached hydrogen (secondary N) is 2. The van der Waals surface area contributed by atoms with Crippen molar-refractivity contribution >= 4 is 17.4 Å². The minimum absolute atomic E-state index is 0.00474. The maximum Gasteiger partial charge on any atom is 0.416 e. The van der Waals surface area contributed by atoms with Gasteiger partial charge in [-0.05, 0) is 63.5 Å². The zero-order chi connectivity index (χ0) is 33.1. The third-order valence-corrected chi connectivity index (χ3v) is 7.16. The van der Waals surface area contributed by atoms with E-state index in [0.29, 0.717) is 5.56 Å². The molecule has 0 unspecified atom stereocenters. The SMILES string of the molecule is CC(C)(C#N)C(=O)NCC1=C(c2ccc(C(C)(C)O)cn2)C[C@](c2ccc(OCCCC(F)(F)F)cc2)(C(F)(F)F)NC1=O. The van der Waals surface area contributed by atoms with Gasteiger partial charge < -0.3 is 20.5 Å². The summed E-state index contributed by atoms with van der Waals surface area (Å²) in [4.78, 5) is 30.2. The van der Waals surface area contributed by atoms with Crippen molar-refractivity contribution in [2.45, 2.75) is 70.4 Å². The summed E-state index contributed by atoms with van der Waals surface area (Å²) >= 11 is 0. The lowest BCUT2D eigenvalue weighted by Crippen LogP contribution is -2.59. The van der Waals surface area contributed by atoms with Crippen LogP contribution in [-0.2, 0) is 20.7 Å². The van der Waals surface area contributed by atoms with Crippen molar-refractivity contribution in [3.63, 3.8) is 0 Å². The van der Waals surface area contributed by atoms with Gasteiger partial charge in [0.05, 0.1) is 24.0 Å². The lowest BCUT2D eigenvalue weighted by Gasteiger charge is -2.41. The number of benzene rings is 1. The van der Waals surface area contributed by atoms with Crippen LogP contribution in [0.3, 0.4) is 0 Å². The number of pyridine rings is 1. The Morgan fingerprint density at radius 2 is 1.73 bits per heavy atom. The Labute approximate surface area is 250 Å². The van der Waals surface area contributed by atoms with Gasteiger partial charge in [0.2, 0.25) is 11.8 Å². The number of carbonyl (C=O) groups excluding carboxylic acids is 2. The van der Waals surface area contributed by atoms with Crippen LogP contribution >= 0.6 is 0 Å². The van der Waals surface area contributed by atoms with Crippen LogP contribution in [0.5, 0.6) is 5.75 Å². The Morgan fingerprint density at radius 1 is 1.09 bits per heavy atom. The molecular weight excluding hydrogens is 594 g/mol. The predicted molar refractivity (Wildman–Crippen MR) is 147 cm³/mol. The minimum Gasteiger partial charge on any atom is -0.494 e. The lowest BCUT2D eigenvalue weighted by atomic mass is 9.77. The summed E-state index contributed by atoms with van der Waals surface area (Å²) in [6, 6.07) is 9.10. The van der Waals surface area contributed by atoms with Gasteiger partial charge in [-0.3, -0.25) is 14.6 Å². The van der Waals surface area contributed by atoms with Crippen LogP contribution < -0.4 is 15.4 Å². The van der Waals surface area contributed by atoms with Crippen molar-refractivity contribution in [3.05, 3.63) is 65.0 Å². The van der Waals surface area contributed by atoms with Gasteiger partial charge in [0, 0.05) is 36.7 Å². The molecule has 3 N–H and O–H groups in total. The summed E-state index contributed by atoms with van der Waals surface area (Å²) in [5, 5.41) is 24.1. The fourth-order valence-electron chi connectivity index (χ4n) is 4.44. The molecule has 1 aromatic heterocycles. The minimum atomic E-state index is -5.05. The summed E-state index contributed by atoms with van der Waals surface area (Å²) in [6.07, 6.45) is -10.4. The van der Waals surface area contributed by atoms with E-state index in [-0.39, 0.29) is 41.2 Å². The second-order valence-corrected chi connectivity index (χ2v) is 11.5. The summed E-state index contributed by atoms with van der Waals surface area (Å²) in [7, 11) is 0. The quantitative estimate of drug-likeness (QED) is 0.239. The Kier molecular flexibility index (Phi) is 9.74. The van der Waals surface area contributed by atoms with E-state index >= 15 is 0 Å². The number of rotatable bonds is 10. The average Bonchev–Trinajstić information content (AvgIpc) is 2.93. The van der Waals surface area contributed by atoms with E-state index in [1.54, 1.807) is 0 Å². The van der Waals surface area contributed by atoms with E-state index in [1.807, 2.05) is 6.07 Å².